The first-order valence-corrected chi connectivity index (χ1v) is 11.6. The van der Waals surface area contributed by atoms with E-state index in [0.29, 0.717) is 5.69 Å². The standard InChI is InChI=1S/C23H20Cl4N8/c1-12-10-17(30-22(29-14(3)24)32-19(25)28)8-6-15(12)4-5-16-7-9-18(11-13(16)2)31-23-34-20(26)33-21(27)35-23/h4-11H,1-3H3,(H2,28,30,32)(H,31,33,34,35)/b5-4-,29-14?. The molecule has 0 amide bonds. The molecule has 0 bridgehead atoms. The zero-order valence-electron chi connectivity index (χ0n) is 18.9. The zero-order chi connectivity index (χ0) is 25.5. The highest BCUT2D eigenvalue weighted by Gasteiger charge is 2.05. The molecule has 0 saturated heterocycles. The van der Waals surface area contributed by atoms with E-state index in [4.69, 9.17) is 52.1 Å². The first-order valence-electron chi connectivity index (χ1n) is 10.1. The normalized spacial score (nSPS) is 12.9. The maximum Gasteiger partial charge on any atom is 0.253 e. The van der Waals surface area contributed by atoms with Gasteiger partial charge in [0, 0.05) is 5.69 Å². The van der Waals surface area contributed by atoms with Crippen LogP contribution in [-0.2, 0) is 0 Å². The summed E-state index contributed by atoms with van der Waals surface area (Å²) < 4.78 is 0. The van der Waals surface area contributed by atoms with Crippen LogP contribution < -0.4 is 11.1 Å². The predicted molar refractivity (Wildman–Crippen MR) is 148 cm³/mol. The van der Waals surface area contributed by atoms with Gasteiger partial charge in [-0.2, -0.15) is 19.9 Å². The van der Waals surface area contributed by atoms with Gasteiger partial charge in [-0.1, -0.05) is 35.9 Å². The summed E-state index contributed by atoms with van der Waals surface area (Å²) in [6, 6.07) is 11.6. The molecule has 3 aromatic rings. The number of hydrogen-bond acceptors (Lipinski definition) is 5. The number of aromatic nitrogens is 3. The van der Waals surface area contributed by atoms with Crippen molar-refractivity contribution in [3.63, 3.8) is 0 Å². The van der Waals surface area contributed by atoms with Gasteiger partial charge in [0.2, 0.25) is 16.5 Å². The van der Waals surface area contributed by atoms with Gasteiger partial charge in [0.25, 0.3) is 5.96 Å². The molecule has 8 nitrogen and oxygen atoms in total. The SMILES string of the molecule is CC(Cl)=NC(N=C(N)Cl)=Nc1ccc(/C=C\c2ccc(Nc3nc(Cl)nc(Cl)n3)cc2C)c(C)c1. The van der Waals surface area contributed by atoms with Gasteiger partial charge >= 0.3 is 0 Å². The van der Waals surface area contributed by atoms with E-state index in [9.17, 15) is 0 Å². The molecule has 0 spiro atoms. The molecule has 0 aliphatic heterocycles. The van der Waals surface area contributed by atoms with Crippen LogP contribution in [0.25, 0.3) is 12.2 Å². The number of aliphatic imine (C=N–C) groups is 3. The lowest BCUT2D eigenvalue weighted by atomic mass is 10.0. The minimum atomic E-state index is -0.181. The number of halogens is 4. The van der Waals surface area contributed by atoms with Gasteiger partial charge in [-0.3, -0.25) is 0 Å². The molecule has 0 fully saturated rings. The fourth-order valence-electron chi connectivity index (χ4n) is 2.97. The third kappa shape index (κ3) is 8.29. The Kier molecular flexibility index (Phi) is 9.17. The lowest BCUT2D eigenvalue weighted by molar-refractivity contribution is 1.05. The third-order valence-corrected chi connectivity index (χ3v) is 5.00. The van der Waals surface area contributed by atoms with Gasteiger partial charge < -0.3 is 11.1 Å². The molecule has 0 unspecified atom stereocenters. The highest BCUT2D eigenvalue weighted by Crippen LogP contribution is 2.23. The summed E-state index contributed by atoms with van der Waals surface area (Å²) in [5.74, 6) is 0.337. The average molecular weight is 550 g/mol. The number of amidine groups is 1. The van der Waals surface area contributed by atoms with E-state index in [1.54, 1.807) is 6.92 Å². The smallest absolute Gasteiger partial charge is 0.253 e. The number of benzene rings is 2. The average Bonchev–Trinajstić information content (AvgIpc) is 2.72. The molecule has 1 aromatic heterocycles. The van der Waals surface area contributed by atoms with Crippen molar-refractivity contribution in [2.45, 2.75) is 20.8 Å². The van der Waals surface area contributed by atoms with Crippen LogP contribution >= 0.6 is 46.4 Å². The van der Waals surface area contributed by atoms with E-state index in [1.165, 1.54) is 0 Å². The van der Waals surface area contributed by atoms with E-state index in [2.05, 4.69) is 35.2 Å². The summed E-state index contributed by atoms with van der Waals surface area (Å²) in [7, 11) is 0. The van der Waals surface area contributed by atoms with Crippen molar-refractivity contribution in [3.8, 4) is 0 Å². The Labute approximate surface area is 222 Å². The fraction of sp³-hybridized carbons (Fsp3) is 0.130. The Morgan fingerprint density at radius 2 is 1.49 bits per heavy atom. The molecule has 3 N–H and O–H groups in total. The third-order valence-electron chi connectivity index (χ3n) is 4.49. The van der Waals surface area contributed by atoms with E-state index >= 15 is 0 Å². The molecule has 3 rings (SSSR count). The number of nitrogens with zero attached hydrogens (tertiary/aromatic N) is 6. The van der Waals surface area contributed by atoms with Gasteiger partial charge in [-0.15, -0.1) is 0 Å². The van der Waals surface area contributed by atoms with Crippen LogP contribution in [0, 0.1) is 13.8 Å². The van der Waals surface area contributed by atoms with Crippen molar-refractivity contribution < 1.29 is 0 Å². The van der Waals surface area contributed by atoms with E-state index < -0.39 is 0 Å². The Balaban J connectivity index is 1.79. The van der Waals surface area contributed by atoms with E-state index in [0.717, 1.165) is 27.9 Å². The Morgan fingerprint density at radius 3 is 2.03 bits per heavy atom. The van der Waals surface area contributed by atoms with Crippen molar-refractivity contribution >= 4 is 92.3 Å². The summed E-state index contributed by atoms with van der Waals surface area (Å²) in [6.07, 6.45) is 4.06. The number of hydrogen-bond donors (Lipinski definition) is 2. The first kappa shape index (κ1) is 26.6. The highest BCUT2D eigenvalue weighted by atomic mass is 35.5. The van der Waals surface area contributed by atoms with Gasteiger partial charge in [-0.25, -0.2) is 9.98 Å². The molecule has 180 valence electrons. The summed E-state index contributed by atoms with van der Waals surface area (Å²) >= 11 is 23.2. The fourth-order valence-corrected chi connectivity index (χ4v) is 3.49. The predicted octanol–water partition coefficient (Wildman–Crippen LogP) is 6.91. The van der Waals surface area contributed by atoms with Gasteiger partial charge in [0.1, 0.15) is 5.17 Å². The highest BCUT2D eigenvalue weighted by molar-refractivity contribution is 6.66. The van der Waals surface area contributed by atoms with Crippen LogP contribution in [0.5, 0.6) is 0 Å². The van der Waals surface area contributed by atoms with Crippen LogP contribution in [-0.4, -0.2) is 31.4 Å². The molecule has 0 aliphatic rings. The topological polar surface area (TPSA) is 114 Å². The van der Waals surface area contributed by atoms with Gasteiger partial charge in [-0.05, 0) is 102 Å². The number of rotatable bonds is 5. The number of anilines is 2. The quantitative estimate of drug-likeness (QED) is 0.155. The van der Waals surface area contributed by atoms with Crippen LogP contribution in [0.1, 0.15) is 29.2 Å². The Morgan fingerprint density at radius 1 is 0.886 bits per heavy atom. The Hall–Kier alpha value is -3.04. The monoisotopic (exact) mass is 548 g/mol. The van der Waals surface area contributed by atoms with Crippen molar-refractivity contribution in [1.82, 2.24) is 15.0 Å². The van der Waals surface area contributed by atoms with Crippen LogP contribution in [0.2, 0.25) is 10.6 Å². The summed E-state index contributed by atoms with van der Waals surface area (Å²) in [4.78, 5) is 24.0. The molecule has 0 atom stereocenters. The molecule has 1 heterocycles. The minimum absolute atomic E-state index is 0.0184. The summed E-state index contributed by atoms with van der Waals surface area (Å²) in [6.45, 7) is 5.60. The second kappa shape index (κ2) is 12.1. The molecule has 35 heavy (non-hydrogen) atoms. The number of guanidine groups is 1. The van der Waals surface area contributed by atoms with Crippen molar-refractivity contribution in [2.24, 2.45) is 20.7 Å². The van der Waals surface area contributed by atoms with E-state index in [-0.39, 0.29) is 32.9 Å². The maximum absolute atomic E-state index is 5.84. The maximum atomic E-state index is 5.84. The summed E-state index contributed by atoms with van der Waals surface area (Å²) in [5.41, 5.74) is 11.0. The molecular weight excluding hydrogens is 530 g/mol. The molecule has 12 heteroatoms. The second-order valence-corrected chi connectivity index (χ2v) is 8.83. The summed E-state index contributed by atoms with van der Waals surface area (Å²) in [5, 5.41) is 3.19. The Bertz CT molecular complexity index is 1320. The van der Waals surface area contributed by atoms with Crippen LogP contribution in [0.15, 0.2) is 51.4 Å². The zero-order valence-corrected chi connectivity index (χ0v) is 21.9. The number of nitrogens with one attached hydrogen (secondary N) is 1. The molecule has 0 aliphatic carbocycles. The first-order chi connectivity index (χ1) is 16.6. The lowest BCUT2D eigenvalue weighted by Gasteiger charge is -2.08. The van der Waals surface area contributed by atoms with Crippen molar-refractivity contribution in [3.05, 3.63) is 69.2 Å². The van der Waals surface area contributed by atoms with Crippen molar-refractivity contribution in [2.75, 3.05) is 5.32 Å². The van der Waals surface area contributed by atoms with Gasteiger partial charge in [0.05, 0.1) is 5.69 Å². The van der Waals surface area contributed by atoms with Crippen LogP contribution in [0.3, 0.4) is 0 Å². The molecular formula is C23H20Cl4N8. The largest absolute Gasteiger partial charge is 0.374 e. The van der Waals surface area contributed by atoms with E-state index in [1.807, 2.05) is 62.4 Å². The second-order valence-electron chi connectivity index (χ2n) is 7.22. The molecule has 0 saturated carbocycles. The number of aryl methyl sites for hydroxylation is 2. The van der Waals surface area contributed by atoms with Gasteiger partial charge in [0.15, 0.2) is 5.29 Å². The minimum Gasteiger partial charge on any atom is -0.374 e. The van der Waals surface area contributed by atoms with Crippen molar-refractivity contribution in [1.29, 1.82) is 0 Å². The number of nitrogens with two attached hydrogens (primary N) is 1. The van der Waals surface area contributed by atoms with Crippen LogP contribution in [0.4, 0.5) is 17.3 Å². The molecule has 0 radical (unpaired) electrons. The molecule has 2 aromatic carbocycles. The lowest BCUT2D eigenvalue weighted by Crippen LogP contribution is -2.05.